The molecule has 24 heavy (non-hydrogen) atoms. The molecule has 1 spiro atoms. The lowest BCUT2D eigenvalue weighted by molar-refractivity contribution is -0.105. The predicted octanol–water partition coefficient (Wildman–Crippen LogP) is 2.50. The molecule has 6 nitrogen and oxygen atoms in total. The van der Waals surface area contributed by atoms with Crippen molar-refractivity contribution in [1.82, 2.24) is 19.9 Å². The Morgan fingerprint density at radius 2 is 2.29 bits per heavy atom. The number of rotatable bonds is 4. The Kier molecular flexibility index (Phi) is 3.64. The fraction of sp³-hybridized carbons (Fsp3) is 0.500. The molecule has 1 aliphatic carbocycles. The quantitative estimate of drug-likeness (QED) is 0.864. The summed E-state index contributed by atoms with van der Waals surface area (Å²) in [6.07, 6.45) is 7.26. The number of amides is 1. The highest BCUT2D eigenvalue weighted by atomic mass is 16.5. The first kappa shape index (κ1) is 15.3. The van der Waals surface area contributed by atoms with Crippen LogP contribution in [-0.4, -0.2) is 46.5 Å². The van der Waals surface area contributed by atoms with E-state index in [0.29, 0.717) is 18.0 Å². The van der Waals surface area contributed by atoms with E-state index in [4.69, 9.17) is 4.52 Å². The molecule has 1 unspecified atom stereocenters. The van der Waals surface area contributed by atoms with Crippen molar-refractivity contribution in [3.8, 4) is 0 Å². The number of nitrogens with zero attached hydrogens (tertiary/aromatic N) is 4. The topological polar surface area (TPSA) is 62.5 Å². The van der Waals surface area contributed by atoms with E-state index in [1.54, 1.807) is 12.3 Å². The summed E-state index contributed by atoms with van der Waals surface area (Å²) in [5.74, 6) is 0.662. The zero-order valence-electron chi connectivity index (χ0n) is 14.1. The molecule has 1 saturated heterocycles. The molecule has 4 rings (SSSR count). The first-order valence-electron chi connectivity index (χ1n) is 8.40. The lowest BCUT2D eigenvalue weighted by Gasteiger charge is -2.62. The summed E-state index contributed by atoms with van der Waals surface area (Å²) < 4.78 is 5.30. The van der Waals surface area contributed by atoms with Crippen LogP contribution in [0.2, 0.25) is 0 Å². The van der Waals surface area contributed by atoms with Gasteiger partial charge in [0.2, 0.25) is 0 Å². The molecule has 1 atom stereocenters. The van der Waals surface area contributed by atoms with Gasteiger partial charge in [0.15, 0.2) is 11.5 Å². The molecule has 2 aliphatic rings. The SMILES string of the molecule is CN(C)Cc1cc(C(=O)N2CC3(CCC3)C2c2cccnc2)no1. The van der Waals surface area contributed by atoms with E-state index in [1.807, 2.05) is 36.2 Å². The van der Waals surface area contributed by atoms with Crippen LogP contribution in [0.15, 0.2) is 35.1 Å². The minimum atomic E-state index is -0.0462. The smallest absolute Gasteiger partial charge is 0.276 e. The maximum Gasteiger partial charge on any atom is 0.276 e. The molecule has 3 heterocycles. The van der Waals surface area contributed by atoms with Crippen molar-refractivity contribution in [3.05, 3.63) is 47.6 Å². The number of carbonyl (C=O) groups is 1. The molecule has 126 valence electrons. The highest BCUT2D eigenvalue weighted by molar-refractivity contribution is 5.93. The van der Waals surface area contributed by atoms with Gasteiger partial charge in [-0.2, -0.15) is 0 Å². The van der Waals surface area contributed by atoms with Crippen molar-refractivity contribution < 1.29 is 9.32 Å². The Labute approximate surface area is 141 Å². The van der Waals surface area contributed by atoms with E-state index in [1.165, 1.54) is 19.3 Å². The lowest BCUT2D eigenvalue weighted by Crippen LogP contribution is -2.63. The van der Waals surface area contributed by atoms with Crippen LogP contribution in [0.1, 0.15) is 47.1 Å². The van der Waals surface area contributed by atoms with Crippen LogP contribution in [0.3, 0.4) is 0 Å². The van der Waals surface area contributed by atoms with Gasteiger partial charge >= 0.3 is 0 Å². The third kappa shape index (κ3) is 2.41. The fourth-order valence-electron chi connectivity index (χ4n) is 4.00. The molecular formula is C18H22N4O2. The molecule has 1 amide bonds. The highest BCUT2D eigenvalue weighted by Gasteiger charge is 2.58. The molecule has 0 bridgehead atoms. The monoisotopic (exact) mass is 326 g/mol. The van der Waals surface area contributed by atoms with Gasteiger partial charge in [-0.1, -0.05) is 17.6 Å². The van der Waals surface area contributed by atoms with Crippen LogP contribution < -0.4 is 0 Å². The van der Waals surface area contributed by atoms with Gasteiger partial charge in [-0.05, 0) is 38.6 Å². The minimum Gasteiger partial charge on any atom is -0.359 e. The van der Waals surface area contributed by atoms with E-state index >= 15 is 0 Å². The molecule has 0 aromatic carbocycles. The van der Waals surface area contributed by atoms with Crippen molar-refractivity contribution in [1.29, 1.82) is 0 Å². The van der Waals surface area contributed by atoms with Crippen LogP contribution in [0.4, 0.5) is 0 Å². The molecule has 2 fully saturated rings. The average Bonchev–Trinajstić information content (AvgIpc) is 2.93. The second-order valence-electron chi connectivity index (χ2n) is 7.25. The van der Waals surface area contributed by atoms with Crippen LogP contribution in [0.25, 0.3) is 0 Å². The second kappa shape index (κ2) is 5.70. The number of pyridine rings is 1. The van der Waals surface area contributed by atoms with Crippen LogP contribution in [-0.2, 0) is 6.54 Å². The standard InChI is InChI=1S/C18H22N4O2/c1-21(2)11-14-9-15(20-24-14)17(23)22-12-18(6-4-7-18)16(22)13-5-3-8-19-10-13/h3,5,8-10,16H,4,6-7,11-12H2,1-2H3. The van der Waals surface area contributed by atoms with Crippen molar-refractivity contribution >= 4 is 5.91 Å². The summed E-state index contributed by atoms with van der Waals surface area (Å²) >= 11 is 0. The van der Waals surface area contributed by atoms with E-state index in [-0.39, 0.29) is 17.4 Å². The van der Waals surface area contributed by atoms with Gasteiger partial charge in [0.05, 0.1) is 12.6 Å². The zero-order valence-corrected chi connectivity index (χ0v) is 14.1. The summed E-state index contributed by atoms with van der Waals surface area (Å²) in [7, 11) is 3.91. The molecule has 0 N–H and O–H groups in total. The molecule has 2 aromatic heterocycles. The number of aromatic nitrogens is 2. The van der Waals surface area contributed by atoms with Gasteiger partial charge in [-0.3, -0.25) is 9.78 Å². The zero-order chi connectivity index (χ0) is 16.7. The molecular weight excluding hydrogens is 304 g/mol. The van der Waals surface area contributed by atoms with E-state index in [2.05, 4.69) is 16.2 Å². The number of carbonyl (C=O) groups excluding carboxylic acids is 1. The van der Waals surface area contributed by atoms with Gasteiger partial charge in [-0.25, -0.2) is 0 Å². The Morgan fingerprint density at radius 1 is 1.46 bits per heavy atom. The third-order valence-corrected chi connectivity index (χ3v) is 5.24. The van der Waals surface area contributed by atoms with E-state index in [0.717, 1.165) is 12.1 Å². The second-order valence-corrected chi connectivity index (χ2v) is 7.25. The lowest BCUT2D eigenvalue weighted by atomic mass is 9.56. The Bertz CT molecular complexity index is 736. The maximum absolute atomic E-state index is 12.9. The molecule has 6 heteroatoms. The third-order valence-electron chi connectivity index (χ3n) is 5.24. The Hall–Kier alpha value is -2.21. The summed E-state index contributed by atoms with van der Waals surface area (Å²) in [4.78, 5) is 21.1. The first-order valence-corrected chi connectivity index (χ1v) is 8.40. The first-order chi connectivity index (χ1) is 11.6. The van der Waals surface area contributed by atoms with Crippen molar-refractivity contribution in [2.45, 2.75) is 31.8 Å². The van der Waals surface area contributed by atoms with Gasteiger partial charge in [0.1, 0.15) is 0 Å². The molecule has 1 saturated carbocycles. The van der Waals surface area contributed by atoms with Crippen LogP contribution in [0.5, 0.6) is 0 Å². The Balaban J connectivity index is 1.57. The number of hydrogen-bond acceptors (Lipinski definition) is 5. The normalized spacial score (nSPS) is 21.6. The Morgan fingerprint density at radius 3 is 2.92 bits per heavy atom. The van der Waals surface area contributed by atoms with Gasteiger partial charge < -0.3 is 14.3 Å². The van der Waals surface area contributed by atoms with Crippen molar-refractivity contribution in [2.75, 3.05) is 20.6 Å². The largest absolute Gasteiger partial charge is 0.359 e. The highest BCUT2D eigenvalue weighted by Crippen LogP contribution is 2.60. The van der Waals surface area contributed by atoms with Crippen LogP contribution >= 0.6 is 0 Å². The maximum atomic E-state index is 12.9. The summed E-state index contributed by atoms with van der Waals surface area (Å²) in [5.41, 5.74) is 1.76. The van der Waals surface area contributed by atoms with Gasteiger partial charge in [0, 0.05) is 30.4 Å². The number of hydrogen-bond donors (Lipinski definition) is 0. The molecule has 2 aromatic rings. The molecule has 0 radical (unpaired) electrons. The average molecular weight is 326 g/mol. The minimum absolute atomic E-state index is 0.0462. The van der Waals surface area contributed by atoms with E-state index in [9.17, 15) is 4.79 Å². The van der Waals surface area contributed by atoms with Gasteiger partial charge in [0.25, 0.3) is 5.91 Å². The van der Waals surface area contributed by atoms with E-state index < -0.39 is 0 Å². The van der Waals surface area contributed by atoms with Gasteiger partial charge in [-0.15, -0.1) is 0 Å². The summed E-state index contributed by atoms with van der Waals surface area (Å²) in [5, 5.41) is 3.98. The van der Waals surface area contributed by atoms with Crippen LogP contribution in [0, 0.1) is 5.41 Å². The van der Waals surface area contributed by atoms with Crippen molar-refractivity contribution in [3.63, 3.8) is 0 Å². The number of likely N-dealkylation sites (tertiary alicyclic amines) is 1. The summed E-state index contributed by atoms with van der Waals surface area (Å²) in [6.45, 7) is 1.44. The van der Waals surface area contributed by atoms with Crippen molar-refractivity contribution in [2.24, 2.45) is 5.41 Å². The predicted molar refractivity (Wildman–Crippen MR) is 88.2 cm³/mol. The summed E-state index contributed by atoms with van der Waals surface area (Å²) in [6, 6.07) is 5.88. The molecule has 1 aliphatic heterocycles. The fourth-order valence-corrected chi connectivity index (χ4v) is 4.00.